The van der Waals surface area contributed by atoms with Gasteiger partial charge in [-0.1, -0.05) is 26.0 Å². The first-order chi connectivity index (χ1) is 16.3. The molecule has 35 heavy (non-hydrogen) atoms. The molecule has 0 radical (unpaired) electrons. The highest BCUT2D eigenvalue weighted by Gasteiger charge is 2.29. The van der Waals surface area contributed by atoms with Crippen molar-refractivity contribution >= 4 is 29.7 Å². The number of carbonyl (C=O) groups is 5. The number of hydrogen-bond acceptors (Lipinski definition) is 7. The van der Waals surface area contributed by atoms with E-state index in [9.17, 15) is 34.2 Å². The lowest BCUT2D eigenvalue weighted by molar-refractivity contribution is -0.142. The Morgan fingerprint density at radius 3 is 1.94 bits per heavy atom. The van der Waals surface area contributed by atoms with Crippen LogP contribution in [0.1, 0.15) is 45.6 Å². The van der Waals surface area contributed by atoms with Gasteiger partial charge in [0.2, 0.25) is 17.7 Å². The number of carboxylic acids is 2. The minimum absolute atomic E-state index is 0.00729. The third-order valence-electron chi connectivity index (χ3n) is 5.09. The highest BCUT2D eigenvalue weighted by Crippen LogP contribution is 2.12. The van der Waals surface area contributed by atoms with Crippen LogP contribution in [0, 0.1) is 5.92 Å². The van der Waals surface area contributed by atoms with Gasteiger partial charge in [0, 0.05) is 12.8 Å². The second kappa shape index (κ2) is 13.9. The van der Waals surface area contributed by atoms with Gasteiger partial charge in [0.15, 0.2) is 0 Å². The lowest BCUT2D eigenvalue weighted by Gasteiger charge is -2.24. The molecule has 1 aromatic carbocycles. The predicted octanol–water partition coefficient (Wildman–Crippen LogP) is -0.268. The topological polar surface area (TPSA) is 208 Å². The second-order valence-corrected chi connectivity index (χ2v) is 8.73. The van der Waals surface area contributed by atoms with Crippen molar-refractivity contribution in [2.24, 2.45) is 11.7 Å². The smallest absolute Gasteiger partial charge is 0.326 e. The van der Waals surface area contributed by atoms with Gasteiger partial charge in [0.05, 0.1) is 6.04 Å². The van der Waals surface area contributed by atoms with Gasteiger partial charge in [0.25, 0.3) is 0 Å². The molecule has 12 heteroatoms. The van der Waals surface area contributed by atoms with E-state index >= 15 is 0 Å². The molecular formula is C23H34N4O8. The molecule has 0 aromatic heterocycles. The molecule has 0 fully saturated rings. The Balaban J connectivity index is 2.78. The molecule has 8 N–H and O–H groups in total. The molecule has 0 saturated carbocycles. The number of phenols is 1. The lowest BCUT2D eigenvalue weighted by Crippen LogP contribution is -2.56. The van der Waals surface area contributed by atoms with Crippen molar-refractivity contribution in [2.75, 3.05) is 0 Å². The third kappa shape index (κ3) is 10.9. The van der Waals surface area contributed by atoms with E-state index in [-0.39, 0.29) is 37.4 Å². The zero-order valence-corrected chi connectivity index (χ0v) is 20.0. The van der Waals surface area contributed by atoms with E-state index in [0.29, 0.717) is 5.56 Å². The number of amides is 3. The van der Waals surface area contributed by atoms with Gasteiger partial charge in [-0.25, -0.2) is 4.79 Å². The maximum Gasteiger partial charge on any atom is 0.326 e. The SMILES string of the molecule is CC(C)CC(NC(=O)C(N)CCC(=O)O)C(=O)NC(C)C(=O)NC(Cc1ccc(O)cc1)C(=O)O. The summed E-state index contributed by atoms with van der Waals surface area (Å²) in [7, 11) is 0. The van der Waals surface area contributed by atoms with Crippen LogP contribution < -0.4 is 21.7 Å². The fourth-order valence-electron chi connectivity index (χ4n) is 3.14. The fourth-order valence-corrected chi connectivity index (χ4v) is 3.14. The minimum atomic E-state index is -1.27. The molecule has 1 rings (SSSR count). The molecule has 4 atom stereocenters. The first-order valence-corrected chi connectivity index (χ1v) is 11.2. The van der Waals surface area contributed by atoms with E-state index in [1.165, 1.54) is 31.2 Å². The van der Waals surface area contributed by atoms with Crippen LogP contribution >= 0.6 is 0 Å². The number of phenolic OH excluding ortho intramolecular Hbond substituents is 1. The standard InChI is InChI=1S/C23H34N4O8/c1-12(2)10-17(26-21(32)16(24)8-9-19(29)30)22(33)25-13(3)20(31)27-18(23(34)35)11-14-4-6-15(28)7-5-14/h4-7,12-13,16-18,28H,8-11,24H2,1-3H3,(H,25,33)(H,26,32)(H,27,31)(H,29,30)(H,34,35). The number of aliphatic carboxylic acids is 2. The van der Waals surface area contributed by atoms with E-state index in [1.54, 1.807) is 0 Å². The summed E-state index contributed by atoms with van der Waals surface area (Å²) in [6.45, 7) is 5.03. The Morgan fingerprint density at radius 2 is 1.43 bits per heavy atom. The second-order valence-electron chi connectivity index (χ2n) is 8.73. The third-order valence-corrected chi connectivity index (χ3v) is 5.09. The molecule has 0 spiro atoms. The van der Waals surface area contributed by atoms with Gasteiger partial charge >= 0.3 is 11.9 Å². The monoisotopic (exact) mass is 494 g/mol. The fraction of sp³-hybridized carbons (Fsp3) is 0.522. The van der Waals surface area contributed by atoms with Crippen molar-refractivity contribution in [3.8, 4) is 5.75 Å². The summed E-state index contributed by atoms with van der Waals surface area (Å²) in [5.74, 6) is -4.45. The number of nitrogens with one attached hydrogen (secondary N) is 3. The van der Waals surface area contributed by atoms with Gasteiger partial charge in [-0.3, -0.25) is 19.2 Å². The van der Waals surface area contributed by atoms with Crippen LogP contribution in [0.25, 0.3) is 0 Å². The van der Waals surface area contributed by atoms with Gasteiger partial charge in [-0.05, 0) is 43.4 Å². The Morgan fingerprint density at radius 1 is 0.857 bits per heavy atom. The van der Waals surface area contributed by atoms with Gasteiger partial charge in [-0.2, -0.15) is 0 Å². The number of aromatic hydroxyl groups is 1. The largest absolute Gasteiger partial charge is 0.508 e. The summed E-state index contributed by atoms with van der Waals surface area (Å²) in [6.07, 6.45) is -0.215. The van der Waals surface area contributed by atoms with Crippen molar-refractivity contribution in [3.05, 3.63) is 29.8 Å². The lowest BCUT2D eigenvalue weighted by atomic mass is 10.0. The van der Waals surface area contributed by atoms with Crippen molar-refractivity contribution in [1.82, 2.24) is 16.0 Å². The van der Waals surface area contributed by atoms with E-state index in [2.05, 4.69) is 16.0 Å². The summed E-state index contributed by atoms with van der Waals surface area (Å²) in [5, 5.41) is 34.9. The van der Waals surface area contributed by atoms with Gasteiger partial charge in [0.1, 0.15) is 23.9 Å². The van der Waals surface area contributed by atoms with E-state index in [1.807, 2.05) is 13.8 Å². The van der Waals surface area contributed by atoms with Crippen LogP contribution in [-0.4, -0.2) is 69.1 Å². The van der Waals surface area contributed by atoms with Crippen molar-refractivity contribution in [2.45, 2.75) is 70.6 Å². The zero-order chi connectivity index (χ0) is 26.7. The zero-order valence-electron chi connectivity index (χ0n) is 20.0. The summed E-state index contributed by atoms with van der Waals surface area (Å²) in [6, 6.07) is 1.32. The molecule has 12 nitrogen and oxygen atoms in total. The number of hydrogen-bond donors (Lipinski definition) is 7. The average Bonchev–Trinajstić information content (AvgIpc) is 2.77. The minimum Gasteiger partial charge on any atom is -0.508 e. The molecular weight excluding hydrogens is 460 g/mol. The van der Waals surface area contributed by atoms with Crippen LogP contribution in [0.15, 0.2) is 24.3 Å². The Bertz CT molecular complexity index is 903. The predicted molar refractivity (Wildman–Crippen MR) is 125 cm³/mol. The molecule has 4 unspecified atom stereocenters. The number of carboxylic acid groups (broad SMARTS) is 2. The van der Waals surface area contributed by atoms with Crippen molar-refractivity contribution in [3.63, 3.8) is 0 Å². The molecule has 0 heterocycles. The number of nitrogens with two attached hydrogens (primary N) is 1. The molecule has 0 aliphatic heterocycles. The van der Waals surface area contributed by atoms with Crippen LogP contribution in [0.5, 0.6) is 5.75 Å². The molecule has 0 bridgehead atoms. The molecule has 1 aromatic rings. The maximum absolute atomic E-state index is 12.8. The Kier molecular flexibility index (Phi) is 11.7. The van der Waals surface area contributed by atoms with E-state index in [0.717, 1.165) is 0 Å². The highest BCUT2D eigenvalue weighted by atomic mass is 16.4. The number of rotatable bonds is 14. The van der Waals surface area contributed by atoms with Crippen LogP contribution in [0.2, 0.25) is 0 Å². The average molecular weight is 495 g/mol. The number of carbonyl (C=O) groups excluding carboxylic acids is 3. The Labute approximate surface area is 203 Å². The van der Waals surface area contributed by atoms with Crippen molar-refractivity contribution in [1.29, 1.82) is 0 Å². The van der Waals surface area contributed by atoms with Crippen molar-refractivity contribution < 1.29 is 39.3 Å². The van der Waals surface area contributed by atoms with Gasteiger partial charge < -0.3 is 37.0 Å². The normalized spacial score (nSPS) is 14.3. The van der Waals surface area contributed by atoms with E-state index < -0.39 is 53.8 Å². The molecule has 194 valence electrons. The molecule has 0 aliphatic rings. The summed E-state index contributed by atoms with van der Waals surface area (Å²) in [5.41, 5.74) is 6.28. The number of benzene rings is 1. The van der Waals surface area contributed by atoms with Crippen LogP contribution in [0.3, 0.4) is 0 Å². The van der Waals surface area contributed by atoms with E-state index in [4.69, 9.17) is 10.8 Å². The van der Waals surface area contributed by atoms with Crippen LogP contribution in [-0.2, 0) is 30.4 Å². The quantitative estimate of drug-likeness (QED) is 0.181. The van der Waals surface area contributed by atoms with Gasteiger partial charge in [-0.15, -0.1) is 0 Å². The Hall–Kier alpha value is -3.67. The first kappa shape index (κ1) is 29.4. The molecule has 0 saturated heterocycles. The molecule has 3 amide bonds. The summed E-state index contributed by atoms with van der Waals surface area (Å²) < 4.78 is 0. The summed E-state index contributed by atoms with van der Waals surface area (Å²) >= 11 is 0. The summed E-state index contributed by atoms with van der Waals surface area (Å²) in [4.78, 5) is 60.0. The van der Waals surface area contributed by atoms with Crippen LogP contribution in [0.4, 0.5) is 0 Å². The highest BCUT2D eigenvalue weighted by molar-refractivity contribution is 5.94. The maximum atomic E-state index is 12.8. The first-order valence-electron chi connectivity index (χ1n) is 11.2. The molecule has 0 aliphatic carbocycles.